The van der Waals surface area contributed by atoms with Crippen LogP contribution < -0.4 is 5.32 Å². The third-order valence-corrected chi connectivity index (χ3v) is 7.16. The van der Waals surface area contributed by atoms with Gasteiger partial charge in [0.2, 0.25) is 11.8 Å². The number of nitrogens with zero attached hydrogens (tertiary/aromatic N) is 2. The van der Waals surface area contributed by atoms with Crippen molar-refractivity contribution in [3.05, 3.63) is 72.8 Å². The number of amides is 2. The molecule has 3 rings (SSSR count). The van der Waals surface area contributed by atoms with Gasteiger partial charge in [0.25, 0.3) is 10.0 Å². The monoisotopic (exact) mass is 457 g/mol. The average molecular weight is 458 g/mol. The number of amidine groups is 1. The molecule has 1 aliphatic heterocycles. The van der Waals surface area contributed by atoms with Crippen LogP contribution in [0.4, 0.5) is 5.69 Å². The highest BCUT2D eigenvalue weighted by Crippen LogP contribution is 2.31. The summed E-state index contributed by atoms with van der Waals surface area (Å²) in [6.45, 7) is 5.70. The molecule has 1 aliphatic rings. The molecule has 2 amide bonds. The lowest BCUT2D eigenvalue weighted by molar-refractivity contribution is -0.127. The fourth-order valence-corrected chi connectivity index (χ4v) is 5.33. The van der Waals surface area contributed by atoms with Crippen LogP contribution in [0.5, 0.6) is 0 Å². The van der Waals surface area contributed by atoms with Crippen molar-refractivity contribution in [2.75, 3.05) is 11.9 Å². The Morgan fingerprint density at radius 1 is 1.19 bits per heavy atom. The van der Waals surface area contributed by atoms with E-state index in [1.54, 1.807) is 36.4 Å². The maximum absolute atomic E-state index is 12.8. The first-order chi connectivity index (χ1) is 14.8. The van der Waals surface area contributed by atoms with Crippen LogP contribution in [0.1, 0.15) is 18.9 Å². The lowest BCUT2D eigenvalue weighted by Gasteiger charge is -2.13. The number of anilines is 1. The van der Waals surface area contributed by atoms with Crippen molar-refractivity contribution < 1.29 is 18.0 Å². The number of nitrogens with one attached hydrogen (secondary N) is 1. The molecule has 2 aromatic carbocycles. The largest absolute Gasteiger partial charge is 0.326 e. The Bertz CT molecular complexity index is 1100. The number of carbonyl (C=O) groups excluding carboxylic acids is 2. The molecule has 0 spiro atoms. The Hall–Kier alpha value is -2.91. The predicted molar refractivity (Wildman–Crippen MR) is 123 cm³/mol. The maximum atomic E-state index is 12.8. The summed E-state index contributed by atoms with van der Waals surface area (Å²) in [5.41, 5.74) is 1.63. The van der Waals surface area contributed by atoms with E-state index in [2.05, 4.69) is 16.3 Å². The molecule has 1 heterocycles. The normalized spacial score (nSPS) is 17.7. The van der Waals surface area contributed by atoms with Crippen molar-refractivity contribution in [1.82, 2.24) is 4.90 Å². The van der Waals surface area contributed by atoms with Crippen molar-refractivity contribution in [1.29, 1.82) is 0 Å². The van der Waals surface area contributed by atoms with Gasteiger partial charge >= 0.3 is 0 Å². The summed E-state index contributed by atoms with van der Waals surface area (Å²) in [6.07, 6.45) is 2.18. The highest BCUT2D eigenvalue weighted by atomic mass is 32.2. The van der Waals surface area contributed by atoms with Gasteiger partial charge in [-0.15, -0.1) is 11.0 Å². The average Bonchev–Trinajstić information content (AvgIpc) is 3.03. The second-order valence-electron chi connectivity index (χ2n) is 6.81. The zero-order valence-electron chi connectivity index (χ0n) is 17.0. The van der Waals surface area contributed by atoms with E-state index < -0.39 is 15.3 Å². The molecule has 9 heteroatoms. The van der Waals surface area contributed by atoms with Gasteiger partial charge in [0, 0.05) is 18.7 Å². The summed E-state index contributed by atoms with van der Waals surface area (Å²) < 4.78 is 29.4. The number of para-hydroxylation sites is 1. The molecule has 0 radical (unpaired) electrons. The zero-order valence-corrected chi connectivity index (χ0v) is 18.7. The number of sulfonamides is 1. The van der Waals surface area contributed by atoms with Crippen LogP contribution in [0.15, 0.2) is 76.5 Å². The summed E-state index contributed by atoms with van der Waals surface area (Å²) in [4.78, 5) is 26.5. The minimum Gasteiger partial charge on any atom is -0.326 e. The molecule has 0 bridgehead atoms. The number of hydrogen-bond donors (Lipinski definition) is 1. The van der Waals surface area contributed by atoms with Crippen LogP contribution >= 0.6 is 11.8 Å². The number of aryl methyl sites for hydroxylation is 1. The van der Waals surface area contributed by atoms with E-state index in [-0.39, 0.29) is 34.8 Å². The van der Waals surface area contributed by atoms with E-state index in [1.807, 2.05) is 13.0 Å². The Balaban J connectivity index is 1.79. The number of hydrogen-bond acceptors (Lipinski definition) is 5. The van der Waals surface area contributed by atoms with Crippen LogP contribution in [0.3, 0.4) is 0 Å². The van der Waals surface area contributed by atoms with Crippen molar-refractivity contribution in [3.63, 3.8) is 0 Å². The Morgan fingerprint density at radius 3 is 2.48 bits per heavy atom. The van der Waals surface area contributed by atoms with E-state index in [0.717, 1.165) is 23.7 Å². The van der Waals surface area contributed by atoms with E-state index in [0.29, 0.717) is 5.69 Å². The second-order valence-corrected chi connectivity index (χ2v) is 9.58. The molecule has 1 saturated heterocycles. The highest BCUT2D eigenvalue weighted by molar-refractivity contribution is 8.16. The quantitative estimate of drug-likeness (QED) is 0.613. The SMILES string of the molecule is C=CCN1C(=O)C(CC(=O)Nc2ccccc2)S/C1=N/S(=O)(=O)c1ccc(CC)cc1. The molecule has 162 valence electrons. The summed E-state index contributed by atoms with van der Waals surface area (Å²) in [5, 5.41) is 2.01. The van der Waals surface area contributed by atoms with Gasteiger partial charge in [0.15, 0.2) is 5.17 Å². The van der Waals surface area contributed by atoms with Gasteiger partial charge in [0.1, 0.15) is 5.25 Å². The van der Waals surface area contributed by atoms with Gasteiger partial charge < -0.3 is 5.32 Å². The number of rotatable bonds is 8. The number of carbonyl (C=O) groups is 2. The molecule has 0 aliphatic carbocycles. The lowest BCUT2D eigenvalue weighted by atomic mass is 10.2. The molecule has 1 N–H and O–H groups in total. The highest BCUT2D eigenvalue weighted by Gasteiger charge is 2.39. The maximum Gasteiger partial charge on any atom is 0.284 e. The number of thioether (sulfide) groups is 1. The molecule has 0 aromatic heterocycles. The molecule has 7 nitrogen and oxygen atoms in total. The first kappa shape index (κ1) is 22.8. The summed E-state index contributed by atoms with van der Waals surface area (Å²) >= 11 is 0.974. The van der Waals surface area contributed by atoms with Crippen molar-refractivity contribution in [2.45, 2.75) is 29.9 Å². The first-order valence-corrected chi connectivity index (χ1v) is 12.0. The zero-order chi connectivity index (χ0) is 22.4. The third kappa shape index (κ3) is 5.62. The molecule has 0 saturated carbocycles. The van der Waals surface area contributed by atoms with Crippen LogP contribution in [-0.2, 0) is 26.0 Å². The van der Waals surface area contributed by atoms with Gasteiger partial charge in [-0.25, -0.2) is 0 Å². The van der Waals surface area contributed by atoms with Gasteiger partial charge in [-0.05, 0) is 36.2 Å². The van der Waals surface area contributed by atoms with Crippen LogP contribution in [0.25, 0.3) is 0 Å². The Morgan fingerprint density at radius 2 is 1.87 bits per heavy atom. The first-order valence-electron chi connectivity index (χ1n) is 9.71. The fraction of sp³-hybridized carbons (Fsp3) is 0.227. The van der Waals surface area contributed by atoms with Gasteiger partial charge in [-0.1, -0.05) is 55.1 Å². The van der Waals surface area contributed by atoms with E-state index in [1.165, 1.54) is 23.1 Å². The third-order valence-electron chi connectivity index (χ3n) is 4.59. The Labute approximate surface area is 186 Å². The minimum absolute atomic E-state index is 0.0435. The van der Waals surface area contributed by atoms with E-state index in [9.17, 15) is 18.0 Å². The smallest absolute Gasteiger partial charge is 0.284 e. The van der Waals surface area contributed by atoms with Gasteiger partial charge in [0.05, 0.1) is 4.90 Å². The standard InChI is InChI=1S/C22H23N3O4S2/c1-3-14-25-21(27)19(15-20(26)23-17-8-6-5-7-9-17)30-22(25)24-31(28,29)18-12-10-16(4-2)11-13-18/h3,5-13,19H,1,4,14-15H2,2H3,(H,23,26)/b24-22+. The molecule has 1 atom stereocenters. The topological polar surface area (TPSA) is 95.9 Å². The van der Waals surface area contributed by atoms with Crippen LogP contribution in [-0.4, -0.2) is 42.1 Å². The van der Waals surface area contributed by atoms with Crippen molar-refractivity contribution in [2.24, 2.45) is 4.40 Å². The molecule has 1 fully saturated rings. The van der Waals surface area contributed by atoms with Gasteiger partial charge in [-0.3, -0.25) is 14.5 Å². The fourth-order valence-electron chi connectivity index (χ4n) is 2.96. The Kier molecular flexibility index (Phi) is 7.29. The molecule has 31 heavy (non-hydrogen) atoms. The van der Waals surface area contributed by atoms with Crippen molar-refractivity contribution in [3.8, 4) is 0 Å². The summed E-state index contributed by atoms with van der Waals surface area (Å²) in [6, 6.07) is 15.4. The van der Waals surface area contributed by atoms with Crippen LogP contribution in [0.2, 0.25) is 0 Å². The van der Waals surface area contributed by atoms with Gasteiger partial charge in [-0.2, -0.15) is 8.42 Å². The molecule has 2 aromatic rings. The molecular weight excluding hydrogens is 434 g/mol. The molecule has 1 unspecified atom stereocenters. The van der Waals surface area contributed by atoms with Crippen molar-refractivity contribution >= 4 is 44.5 Å². The minimum atomic E-state index is -4.01. The van der Waals surface area contributed by atoms with E-state index >= 15 is 0 Å². The summed E-state index contributed by atoms with van der Waals surface area (Å²) in [5.74, 6) is -0.710. The number of benzene rings is 2. The lowest BCUT2D eigenvalue weighted by Crippen LogP contribution is -2.33. The van der Waals surface area contributed by atoms with Crippen LogP contribution in [0, 0.1) is 0 Å². The predicted octanol–water partition coefficient (Wildman–Crippen LogP) is 3.45. The second kappa shape index (κ2) is 9.93. The molecular formula is C22H23N3O4S2. The summed E-state index contributed by atoms with van der Waals surface area (Å²) in [7, 11) is -4.01. The van der Waals surface area contributed by atoms with E-state index in [4.69, 9.17) is 0 Å².